The molecular weight excluding hydrogens is 458 g/mol. The summed E-state index contributed by atoms with van der Waals surface area (Å²) in [4.78, 5) is 27.3. The second-order valence-corrected chi connectivity index (χ2v) is 9.32. The Labute approximate surface area is 212 Å². The number of hydrogen-bond donors (Lipinski definition) is 3. The van der Waals surface area contributed by atoms with Gasteiger partial charge in [-0.25, -0.2) is 4.79 Å². The lowest BCUT2D eigenvalue weighted by Crippen LogP contribution is -2.50. The van der Waals surface area contributed by atoms with Crippen LogP contribution in [0.25, 0.3) is 0 Å². The highest BCUT2D eigenvalue weighted by molar-refractivity contribution is 5.91. The largest absolute Gasteiger partial charge is 0.495 e. The summed E-state index contributed by atoms with van der Waals surface area (Å²) in [6.45, 7) is 1.23. The molecule has 0 radical (unpaired) electrons. The Kier molecular flexibility index (Phi) is 8.97. The van der Waals surface area contributed by atoms with Gasteiger partial charge in [-0.05, 0) is 42.9 Å². The van der Waals surface area contributed by atoms with E-state index in [9.17, 15) is 14.7 Å². The summed E-state index contributed by atoms with van der Waals surface area (Å²) >= 11 is 0. The number of aliphatic hydroxyl groups excluding tert-OH is 1. The summed E-state index contributed by atoms with van der Waals surface area (Å²) in [6, 6.07) is 16.6. The standard InChI is InChI=1S/C28H35N3O5/c1-35-25-10-6-5-9-23(25)29-28(34)30-24-12-11-22(36-26(24)19-32)18-27(33)31-15-13-21(14-16-31)17-20-7-3-2-4-8-20/h2-12,21-22,24,26,32H,13-19H2,1H3,(H2,29,30,34)/t22-,24-,26+/m1/s1. The van der Waals surface area contributed by atoms with Crippen molar-refractivity contribution in [2.24, 2.45) is 5.92 Å². The molecule has 2 aromatic rings. The van der Waals surface area contributed by atoms with Gasteiger partial charge in [-0.1, -0.05) is 54.6 Å². The topological polar surface area (TPSA) is 100 Å². The van der Waals surface area contributed by atoms with Crippen molar-refractivity contribution in [3.8, 4) is 5.75 Å². The van der Waals surface area contributed by atoms with Crippen LogP contribution in [0.15, 0.2) is 66.7 Å². The molecule has 8 nitrogen and oxygen atoms in total. The number of aliphatic hydroxyl groups is 1. The molecule has 2 aromatic carbocycles. The van der Waals surface area contributed by atoms with Gasteiger partial charge in [0.05, 0.1) is 38.0 Å². The molecule has 3 N–H and O–H groups in total. The number of nitrogens with one attached hydrogen (secondary N) is 2. The van der Waals surface area contributed by atoms with Crippen LogP contribution in [0.4, 0.5) is 10.5 Å². The number of nitrogens with zero attached hydrogens (tertiary/aromatic N) is 1. The molecule has 3 amide bonds. The molecular formula is C28H35N3O5. The van der Waals surface area contributed by atoms with E-state index in [1.54, 1.807) is 30.4 Å². The molecule has 8 heteroatoms. The van der Waals surface area contributed by atoms with Gasteiger partial charge in [0.2, 0.25) is 5.91 Å². The van der Waals surface area contributed by atoms with E-state index in [4.69, 9.17) is 9.47 Å². The first-order valence-electron chi connectivity index (χ1n) is 12.5. The lowest BCUT2D eigenvalue weighted by molar-refractivity contribution is -0.136. The Hall–Kier alpha value is -3.36. The van der Waals surface area contributed by atoms with E-state index in [2.05, 4.69) is 34.9 Å². The van der Waals surface area contributed by atoms with Crippen LogP contribution in [-0.2, 0) is 16.0 Å². The SMILES string of the molecule is COc1ccccc1NC(=O)N[C@@H]1C=C[C@H](CC(=O)N2CCC(Cc3ccccc3)CC2)O[C@H]1CO. The molecule has 0 bridgehead atoms. The van der Waals surface area contributed by atoms with Crippen molar-refractivity contribution in [2.75, 3.05) is 32.1 Å². The van der Waals surface area contributed by atoms with Crippen molar-refractivity contribution in [1.29, 1.82) is 0 Å². The number of likely N-dealkylation sites (tertiary alicyclic amines) is 1. The Morgan fingerprint density at radius 2 is 1.78 bits per heavy atom. The number of anilines is 1. The third kappa shape index (κ3) is 6.86. The first-order chi connectivity index (χ1) is 17.6. The zero-order valence-corrected chi connectivity index (χ0v) is 20.6. The molecule has 0 saturated carbocycles. The van der Waals surface area contributed by atoms with Crippen LogP contribution in [0, 0.1) is 5.92 Å². The summed E-state index contributed by atoms with van der Waals surface area (Å²) < 4.78 is 11.2. The van der Waals surface area contributed by atoms with Gasteiger partial charge in [0.25, 0.3) is 0 Å². The maximum atomic E-state index is 12.9. The molecule has 0 unspecified atom stereocenters. The first kappa shape index (κ1) is 25.7. The summed E-state index contributed by atoms with van der Waals surface area (Å²) in [5, 5.41) is 15.4. The van der Waals surface area contributed by atoms with E-state index in [0.29, 0.717) is 17.4 Å². The number of rotatable bonds is 8. The highest BCUT2D eigenvalue weighted by atomic mass is 16.5. The van der Waals surface area contributed by atoms with Gasteiger partial charge >= 0.3 is 6.03 Å². The zero-order valence-electron chi connectivity index (χ0n) is 20.6. The molecule has 0 aliphatic carbocycles. The average Bonchev–Trinajstić information content (AvgIpc) is 2.90. The van der Waals surface area contributed by atoms with Crippen molar-refractivity contribution in [3.05, 3.63) is 72.3 Å². The van der Waals surface area contributed by atoms with Crippen LogP contribution in [0.5, 0.6) is 5.75 Å². The Morgan fingerprint density at radius 3 is 2.50 bits per heavy atom. The molecule has 4 rings (SSSR count). The van der Waals surface area contributed by atoms with Crippen molar-refractivity contribution in [3.63, 3.8) is 0 Å². The van der Waals surface area contributed by atoms with Crippen LogP contribution in [0.1, 0.15) is 24.8 Å². The van der Waals surface area contributed by atoms with Crippen LogP contribution >= 0.6 is 0 Å². The zero-order chi connectivity index (χ0) is 25.3. The fourth-order valence-electron chi connectivity index (χ4n) is 4.83. The van der Waals surface area contributed by atoms with Crippen LogP contribution in [0.2, 0.25) is 0 Å². The minimum Gasteiger partial charge on any atom is -0.495 e. The summed E-state index contributed by atoms with van der Waals surface area (Å²) in [5.74, 6) is 1.19. The van der Waals surface area contributed by atoms with Gasteiger partial charge in [-0.15, -0.1) is 0 Å². The van der Waals surface area contributed by atoms with Gasteiger partial charge in [-0.2, -0.15) is 0 Å². The fourth-order valence-corrected chi connectivity index (χ4v) is 4.83. The molecule has 0 aromatic heterocycles. The predicted molar refractivity (Wildman–Crippen MR) is 138 cm³/mol. The number of amides is 3. The van der Waals surface area contributed by atoms with Crippen molar-refractivity contribution < 1.29 is 24.2 Å². The normalized spacial score (nSPS) is 22.2. The van der Waals surface area contributed by atoms with Gasteiger partial charge in [0.1, 0.15) is 11.9 Å². The summed E-state index contributed by atoms with van der Waals surface area (Å²) in [6.07, 6.45) is 5.75. The molecule has 3 atom stereocenters. The van der Waals surface area contributed by atoms with Crippen molar-refractivity contribution in [1.82, 2.24) is 10.2 Å². The highest BCUT2D eigenvalue weighted by Gasteiger charge is 2.31. The number of urea groups is 1. The van der Waals surface area contributed by atoms with E-state index in [0.717, 1.165) is 32.4 Å². The summed E-state index contributed by atoms with van der Waals surface area (Å²) in [7, 11) is 1.53. The number of carbonyl (C=O) groups excluding carboxylic acids is 2. The van der Waals surface area contributed by atoms with E-state index in [1.807, 2.05) is 17.0 Å². The van der Waals surface area contributed by atoms with Crippen molar-refractivity contribution in [2.45, 2.75) is 43.9 Å². The van der Waals surface area contributed by atoms with E-state index < -0.39 is 24.3 Å². The van der Waals surface area contributed by atoms with Gasteiger partial charge in [-0.3, -0.25) is 4.79 Å². The number of carbonyl (C=O) groups is 2. The molecule has 1 fully saturated rings. The minimum atomic E-state index is -0.646. The number of ether oxygens (including phenoxy) is 2. The lowest BCUT2D eigenvalue weighted by Gasteiger charge is -2.35. The lowest BCUT2D eigenvalue weighted by atomic mass is 9.90. The highest BCUT2D eigenvalue weighted by Crippen LogP contribution is 2.25. The summed E-state index contributed by atoms with van der Waals surface area (Å²) in [5.41, 5.74) is 1.88. The quantitative estimate of drug-likeness (QED) is 0.490. The second kappa shape index (κ2) is 12.6. The maximum absolute atomic E-state index is 12.9. The molecule has 2 aliphatic rings. The number of hydrogen-bond acceptors (Lipinski definition) is 5. The van der Waals surface area contributed by atoms with Gasteiger partial charge in [0.15, 0.2) is 0 Å². The molecule has 192 valence electrons. The Bertz CT molecular complexity index is 1040. The third-order valence-electron chi connectivity index (χ3n) is 6.83. The van der Waals surface area contributed by atoms with Gasteiger partial charge in [0, 0.05) is 13.1 Å². The molecule has 0 spiro atoms. The monoisotopic (exact) mass is 493 g/mol. The Balaban J connectivity index is 1.25. The Morgan fingerprint density at radius 1 is 1.06 bits per heavy atom. The number of para-hydroxylation sites is 2. The minimum absolute atomic E-state index is 0.0554. The second-order valence-electron chi connectivity index (χ2n) is 9.32. The maximum Gasteiger partial charge on any atom is 0.319 e. The molecule has 2 heterocycles. The van der Waals surface area contributed by atoms with E-state index in [-0.39, 0.29) is 18.9 Å². The molecule has 1 saturated heterocycles. The van der Waals surface area contributed by atoms with Crippen LogP contribution in [0.3, 0.4) is 0 Å². The number of benzene rings is 2. The predicted octanol–water partition coefficient (Wildman–Crippen LogP) is 3.37. The fraction of sp³-hybridized carbons (Fsp3) is 0.429. The van der Waals surface area contributed by atoms with Crippen LogP contribution in [-0.4, -0.2) is 67.0 Å². The molecule has 2 aliphatic heterocycles. The molecule has 36 heavy (non-hydrogen) atoms. The average molecular weight is 494 g/mol. The number of piperidine rings is 1. The third-order valence-corrected chi connectivity index (χ3v) is 6.83. The van der Waals surface area contributed by atoms with Gasteiger partial charge < -0.3 is 30.1 Å². The first-order valence-corrected chi connectivity index (χ1v) is 12.5. The van der Waals surface area contributed by atoms with E-state index in [1.165, 1.54) is 12.7 Å². The smallest absolute Gasteiger partial charge is 0.319 e. The van der Waals surface area contributed by atoms with Crippen molar-refractivity contribution >= 4 is 17.6 Å². The number of methoxy groups -OCH3 is 1. The van der Waals surface area contributed by atoms with Crippen LogP contribution < -0.4 is 15.4 Å². The van der Waals surface area contributed by atoms with E-state index >= 15 is 0 Å².